The van der Waals surface area contributed by atoms with Crippen LogP contribution in [-0.2, 0) is 26.2 Å². The number of nitrogens with one attached hydrogen (secondary N) is 2. The highest BCUT2D eigenvalue weighted by molar-refractivity contribution is 7.89. The van der Waals surface area contributed by atoms with Gasteiger partial charge >= 0.3 is 0 Å². The third-order valence-electron chi connectivity index (χ3n) is 5.60. The van der Waals surface area contributed by atoms with Gasteiger partial charge in [-0.05, 0) is 50.1 Å². The van der Waals surface area contributed by atoms with Crippen molar-refractivity contribution in [1.82, 2.24) is 14.9 Å². The van der Waals surface area contributed by atoms with Crippen LogP contribution in [0.4, 0.5) is 4.39 Å². The Bertz CT molecular complexity index is 1090. The second kappa shape index (κ2) is 10.8. The van der Waals surface area contributed by atoms with Crippen LogP contribution < -0.4 is 15.4 Å². The fourth-order valence-corrected chi connectivity index (χ4v) is 5.24. The molecule has 33 heavy (non-hydrogen) atoms. The maximum Gasteiger partial charge on any atom is 0.243 e. The fourth-order valence-electron chi connectivity index (χ4n) is 3.71. The van der Waals surface area contributed by atoms with E-state index >= 15 is 0 Å². The standard InChI is InChI=1S/C23H28FN3O5S/c1-16(22(28)25-14-17-6-3-4-8-21(17)32-2)26-23(29)18-7-5-13-27(15-18)33(30,31)20-11-9-19(24)10-12-20/h3-4,6,8-12,16,18H,5,7,13-15H2,1-2H3,(H,25,28)(H,26,29)/t16-,18?/m1/s1. The summed E-state index contributed by atoms with van der Waals surface area (Å²) in [5.74, 6) is -1.20. The number of hydrogen-bond donors (Lipinski definition) is 2. The Labute approximate surface area is 193 Å². The van der Waals surface area contributed by atoms with Gasteiger partial charge in [0, 0.05) is 25.2 Å². The van der Waals surface area contributed by atoms with Crippen LogP contribution in [0.5, 0.6) is 5.75 Å². The average Bonchev–Trinajstić information content (AvgIpc) is 2.82. The molecule has 1 unspecified atom stereocenters. The van der Waals surface area contributed by atoms with Crippen LogP contribution in [0.3, 0.4) is 0 Å². The lowest BCUT2D eigenvalue weighted by Gasteiger charge is -2.31. The van der Waals surface area contributed by atoms with E-state index in [9.17, 15) is 22.4 Å². The molecule has 178 valence electrons. The normalized spacial score (nSPS) is 17.7. The van der Waals surface area contributed by atoms with Crippen LogP contribution in [0.2, 0.25) is 0 Å². The number of ether oxygens (including phenoxy) is 1. The minimum absolute atomic E-state index is 0.00109. The van der Waals surface area contributed by atoms with Crippen molar-refractivity contribution in [2.75, 3.05) is 20.2 Å². The second-order valence-electron chi connectivity index (χ2n) is 7.92. The molecule has 0 aromatic heterocycles. The lowest BCUT2D eigenvalue weighted by atomic mass is 9.98. The van der Waals surface area contributed by atoms with Crippen molar-refractivity contribution in [3.63, 3.8) is 0 Å². The Hall–Kier alpha value is -2.98. The Balaban J connectivity index is 1.56. The van der Waals surface area contributed by atoms with Gasteiger partial charge < -0.3 is 15.4 Å². The molecule has 0 spiro atoms. The van der Waals surface area contributed by atoms with Gasteiger partial charge in [-0.3, -0.25) is 9.59 Å². The first-order chi connectivity index (χ1) is 15.7. The zero-order chi connectivity index (χ0) is 24.0. The first-order valence-corrected chi connectivity index (χ1v) is 12.1. The predicted octanol–water partition coefficient (Wildman–Crippen LogP) is 2.06. The summed E-state index contributed by atoms with van der Waals surface area (Å²) in [4.78, 5) is 25.2. The summed E-state index contributed by atoms with van der Waals surface area (Å²) in [7, 11) is -2.29. The van der Waals surface area contributed by atoms with E-state index < -0.39 is 27.8 Å². The molecule has 3 rings (SSSR count). The summed E-state index contributed by atoms with van der Waals surface area (Å²) in [6, 6.07) is 11.1. The van der Waals surface area contributed by atoms with Gasteiger partial charge in [-0.25, -0.2) is 12.8 Å². The van der Waals surface area contributed by atoms with E-state index in [4.69, 9.17) is 4.74 Å². The van der Waals surface area contributed by atoms with Gasteiger partial charge in [0.05, 0.1) is 17.9 Å². The van der Waals surface area contributed by atoms with Gasteiger partial charge in [-0.15, -0.1) is 0 Å². The number of methoxy groups -OCH3 is 1. The third-order valence-corrected chi connectivity index (χ3v) is 7.48. The van der Waals surface area contributed by atoms with E-state index in [-0.39, 0.29) is 36.3 Å². The summed E-state index contributed by atoms with van der Waals surface area (Å²) in [6.45, 7) is 2.10. The summed E-state index contributed by atoms with van der Waals surface area (Å²) in [6.07, 6.45) is 1.02. The molecule has 0 bridgehead atoms. The van der Waals surface area contributed by atoms with Crippen molar-refractivity contribution in [1.29, 1.82) is 0 Å². The molecule has 0 aliphatic carbocycles. The number of piperidine rings is 1. The number of halogens is 1. The molecular formula is C23H28FN3O5S. The topological polar surface area (TPSA) is 105 Å². The molecule has 10 heteroatoms. The minimum atomic E-state index is -3.84. The van der Waals surface area contributed by atoms with Gasteiger partial charge in [-0.2, -0.15) is 4.31 Å². The van der Waals surface area contributed by atoms with E-state index in [0.717, 1.165) is 17.7 Å². The van der Waals surface area contributed by atoms with Crippen molar-refractivity contribution in [2.24, 2.45) is 5.92 Å². The third kappa shape index (κ3) is 6.08. The van der Waals surface area contributed by atoms with Crippen molar-refractivity contribution in [3.05, 3.63) is 59.9 Å². The molecule has 1 heterocycles. The number of carbonyl (C=O) groups is 2. The monoisotopic (exact) mass is 477 g/mol. The highest BCUT2D eigenvalue weighted by Crippen LogP contribution is 2.24. The maximum absolute atomic E-state index is 13.2. The first-order valence-electron chi connectivity index (χ1n) is 10.7. The van der Waals surface area contributed by atoms with Crippen molar-refractivity contribution in [3.8, 4) is 5.75 Å². The van der Waals surface area contributed by atoms with Crippen LogP contribution in [0.1, 0.15) is 25.3 Å². The van der Waals surface area contributed by atoms with Gasteiger partial charge in [0.2, 0.25) is 21.8 Å². The Morgan fingerprint density at radius 3 is 2.58 bits per heavy atom. The van der Waals surface area contributed by atoms with E-state index in [0.29, 0.717) is 18.6 Å². The van der Waals surface area contributed by atoms with E-state index in [1.165, 1.54) is 16.4 Å². The van der Waals surface area contributed by atoms with Crippen molar-refractivity contribution < 1.29 is 27.1 Å². The smallest absolute Gasteiger partial charge is 0.243 e. The molecule has 8 nitrogen and oxygen atoms in total. The highest BCUT2D eigenvalue weighted by atomic mass is 32.2. The Morgan fingerprint density at radius 2 is 1.88 bits per heavy atom. The zero-order valence-electron chi connectivity index (χ0n) is 18.6. The fraction of sp³-hybridized carbons (Fsp3) is 0.391. The molecule has 1 aliphatic rings. The van der Waals surface area contributed by atoms with Crippen LogP contribution in [0.25, 0.3) is 0 Å². The minimum Gasteiger partial charge on any atom is -0.496 e. The summed E-state index contributed by atoms with van der Waals surface area (Å²) >= 11 is 0. The number of para-hydroxylation sites is 1. The summed E-state index contributed by atoms with van der Waals surface area (Å²) < 4.78 is 45.4. The Kier molecular flexibility index (Phi) is 8.04. The van der Waals surface area contributed by atoms with Crippen LogP contribution >= 0.6 is 0 Å². The number of amides is 2. The molecule has 2 amide bonds. The molecule has 0 radical (unpaired) electrons. The molecule has 2 aromatic rings. The highest BCUT2D eigenvalue weighted by Gasteiger charge is 2.34. The number of nitrogens with zero attached hydrogens (tertiary/aromatic N) is 1. The second-order valence-corrected chi connectivity index (χ2v) is 9.85. The number of hydrogen-bond acceptors (Lipinski definition) is 5. The predicted molar refractivity (Wildman–Crippen MR) is 120 cm³/mol. The molecular weight excluding hydrogens is 449 g/mol. The SMILES string of the molecule is COc1ccccc1CNC(=O)[C@@H](C)NC(=O)C1CCCN(S(=O)(=O)c2ccc(F)cc2)C1. The molecule has 1 aliphatic heterocycles. The zero-order valence-corrected chi connectivity index (χ0v) is 19.4. The maximum atomic E-state index is 13.2. The molecule has 2 N–H and O–H groups in total. The van der Waals surface area contributed by atoms with E-state index in [1.54, 1.807) is 20.1 Å². The number of benzene rings is 2. The molecule has 1 saturated heterocycles. The number of carbonyl (C=O) groups excluding carboxylic acids is 2. The summed E-state index contributed by atoms with van der Waals surface area (Å²) in [5.41, 5.74) is 0.806. The van der Waals surface area contributed by atoms with Crippen LogP contribution in [0.15, 0.2) is 53.4 Å². The molecule has 2 aromatic carbocycles. The Morgan fingerprint density at radius 1 is 1.18 bits per heavy atom. The van der Waals surface area contributed by atoms with Crippen molar-refractivity contribution >= 4 is 21.8 Å². The quantitative estimate of drug-likeness (QED) is 0.606. The summed E-state index contributed by atoms with van der Waals surface area (Å²) in [5, 5.41) is 5.45. The lowest BCUT2D eigenvalue weighted by molar-refractivity contribution is -0.131. The van der Waals surface area contributed by atoms with Gasteiger partial charge in [0.25, 0.3) is 0 Å². The molecule has 2 atom stereocenters. The van der Waals surface area contributed by atoms with Crippen molar-refractivity contribution in [2.45, 2.75) is 37.2 Å². The lowest BCUT2D eigenvalue weighted by Crippen LogP contribution is -2.50. The largest absolute Gasteiger partial charge is 0.496 e. The molecule has 0 saturated carbocycles. The van der Waals surface area contributed by atoms with E-state index in [1.807, 2.05) is 18.2 Å². The average molecular weight is 478 g/mol. The van der Waals surface area contributed by atoms with Crippen LogP contribution in [0, 0.1) is 11.7 Å². The van der Waals surface area contributed by atoms with E-state index in [2.05, 4.69) is 10.6 Å². The van der Waals surface area contributed by atoms with Gasteiger partial charge in [0.15, 0.2) is 0 Å². The number of sulfonamides is 1. The molecule has 1 fully saturated rings. The first kappa shape index (κ1) is 24.7. The number of rotatable bonds is 8. The van der Waals surface area contributed by atoms with Crippen LogP contribution in [-0.4, -0.2) is 50.8 Å². The van der Waals surface area contributed by atoms with Gasteiger partial charge in [0.1, 0.15) is 17.6 Å². The van der Waals surface area contributed by atoms with Gasteiger partial charge in [-0.1, -0.05) is 18.2 Å².